The molecular weight excluding hydrogens is 659 g/mol. The highest BCUT2D eigenvalue weighted by molar-refractivity contribution is 7.27. The van der Waals surface area contributed by atoms with Crippen molar-refractivity contribution in [2.45, 2.75) is 41.5 Å². The molecule has 0 radical (unpaired) electrons. The predicted molar refractivity (Wildman–Crippen MR) is 232 cm³/mol. The van der Waals surface area contributed by atoms with Crippen molar-refractivity contribution in [3.63, 3.8) is 0 Å². The fourth-order valence-corrected chi connectivity index (χ4v) is 10.7. The molecule has 53 heavy (non-hydrogen) atoms. The van der Waals surface area contributed by atoms with Gasteiger partial charge in [0.2, 0.25) is 6.71 Å². The van der Waals surface area contributed by atoms with Gasteiger partial charge in [0, 0.05) is 20.9 Å². The zero-order valence-electron chi connectivity index (χ0n) is 31.0. The third-order valence-electron chi connectivity index (χ3n) is 11.5. The summed E-state index contributed by atoms with van der Waals surface area (Å²) in [6, 6.07) is 47.7. The quantitative estimate of drug-likeness (QED) is 0.167. The van der Waals surface area contributed by atoms with Gasteiger partial charge in [0.1, 0.15) is 0 Å². The zero-order valence-corrected chi connectivity index (χ0v) is 31.8. The van der Waals surface area contributed by atoms with E-state index in [1.165, 1.54) is 97.0 Å². The van der Waals surface area contributed by atoms with E-state index in [0.717, 1.165) is 22.4 Å². The van der Waals surface area contributed by atoms with E-state index in [9.17, 15) is 0 Å². The van der Waals surface area contributed by atoms with Crippen LogP contribution in [0.2, 0.25) is 0 Å². The topological polar surface area (TPSA) is 17.3 Å². The molecule has 0 unspecified atom stereocenters. The Morgan fingerprint density at radius 3 is 1.72 bits per heavy atom. The van der Waals surface area contributed by atoms with E-state index in [1.54, 1.807) is 0 Å². The molecule has 3 aromatic heterocycles. The molecule has 10 rings (SSSR count). The van der Waals surface area contributed by atoms with E-state index in [1.807, 2.05) is 11.3 Å². The number of thiophene rings is 1. The maximum atomic E-state index is 5.48. The summed E-state index contributed by atoms with van der Waals surface area (Å²) in [5, 5.41) is 7.51. The Bertz CT molecular complexity index is 3020. The highest BCUT2D eigenvalue weighted by Crippen LogP contribution is 2.43. The van der Waals surface area contributed by atoms with Crippen molar-refractivity contribution in [2.75, 3.05) is 0 Å². The number of nitrogens with zero attached hydrogens (tertiary/aromatic N) is 2. The Morgan fingerprint density at radius 1 is 0.509 bits per heavy atom. The first-order valence-electron chi connectivity index (χ1n) is 18.6. The molecule has 0 saturated heterocycles. The highest BCUT2D eigenvalue weighted by Gasteiger charge is 2.29. The van der Waals surface area contributed by atoms with E-state index >= 15 is 0 Å². The van der Waals surface area contributed by atoms with Gasteiger partial charge in [-0.05, 0) is 75.4 Å². The van der Waals surface area contributed by atoms with E-state index in [0.29, 0.717) is 0 Å². The van der Waals surface area contributed by atoms with Crippen molar-refractivity contribution in [1.29, 1.82) is 0 Å². The summed E-state index contributed by atoms with van der Waals surface area (Å²) < 4.78 is 4.96. The molecule has 0 spiro atoms. The third-order valence-corrected chi connectivity index (χ3v) is 12.7. The van der Waals surface area contributed by atoms with Crippen LogP contribution >= 0.6 is 11.3 Å². The fraction of sp³-hybridized carbons (Fsp3) is 0.122. The number of rotatable bonds is 4. The van der Waals surface area contributed by atoms with Crippen LogP contribution in [0.3, 0.4) is 0 Å². The largest absolute Gasteiger partial charge is 0.291 e. The molecule has 0 aliphatic heterocycles. The van der Waals surface area contributed by atoms with Crippen LogP contribution in [0, 0.1) is 41.5 Å². The second-order valence-electron chi connectivity index (χ2n) is 15.1. The number of hydrogen-bond donors (Lipinski definition) is 0. The first kappa shape index (κ1) is 32.0. The Hall–Kier alpha value is -5.71. The van der Waals surface area contributed by atoms with Gasteiger partial charge in [0.25, 0.3) is 0 Å². The maximum Gasteiger partial charge on any atom is 0.242 e. The van der Waals surface area contributed by atoms with Crippen LogP contribution in [-0.4, -0.2) is 16.1 Å². The van der Waals surface area contributed by atoms with Gasteiger partial charge in [0.15, 0.2) is 5.65 Å². The first-order chi connectivity index (χ1) is 25.7. The van der Waals surface area contributed by atoms with E-state index < -0.39 is 0 Å². The van der Waals surface area contributed by atoms with E-state index in [2.05, 4.69) is 173 Å². The van der Waals surface area contributed by atoms with Crippen LogP contribution in [0.5, 0.6) is 0 Å². The Kier molecular flexibility index (Phi) is 7.19. The average molecular weight is 699 g/mol. The monoisotopic (exact) mass is 698 g/mol. The summed E-state index contributed by atoms with van der Waals surface area (Å²) in [6.07, 6.45) is 0. The van der Waals surface area contributed by atoms with Crippen LogP contribution in [0.4, 0.5) is 0 Å². The van der Waals surface area contributed by atoms with Gasteiger partial charge in [-0.1, -0.05) is 165 Å². The van der Waals surface area contributed by atoms with Crippen molar-refractivity contribution in [3.05, 3.63) is 161 Å². The molecule has 0 bridgehead atoms. The molecule has 0 fully saturated rings. The van der Waals surface area contributed by atoms with Crippen molar-refractivity contribution in [1.82, 2.24) is 9.38 Å². The summed E-state index contributed by atoms with van der Waals surface area (Å²) >= 11 is 1.87. The molecule has 7 aromatic carbocycles. The minimum atomic E-state index is 0.127. The molecule has 0 aliphatic rings. The lowest BCUT2D eigenvalue weighted by Crippen LogP contribution is -2.55. The second kappa shape index (κ2) is 11.9. The smallest absolute Gasteiger partial charge is 0.242 e. The summed E-state index contributed by atoms with van der Waals surface area (Å²) in [5.41, 5.74) is 17.7. The lowest BCUT2D eigenvalue weighted by molar-refractivity contribution is 1.25. The Morgan fingerprint density at radius 2 is 1.08 bits per heavy atom. The van der Waals surface area contributed by atoms with E-state index in [4.69, 9.17) is 4.98 Å². The summed E-state index contributed by atoms with van der Waals surface area (Å²) in [4.78, 5) is 5.48. The van der Waals surface area contributed by atoms with Crippen LogP contribution in [-0.2, 0) is 0 Å². The SMILES string of the molecule is Cc1cc(C)c(B(c2ccc(-c3cc4c5ccc6ccccc6c5sc4c4nc5c6ccccc6ccc5n34)cc2)c2c(C)cc(C)cc2C)c(C)c1. The zero-order chi connectivity index (χ0) is 36.1. The van der Waals surface area contributed by atoms with Gasteiger partial charge in [0.05, 0.1) is 21.4 Å². The molecule has 10 aromatic rings. The third kappa shape index (κ3) is 4.89. The molecule has 0 N–H and O–H groups in total. The lowest BCUT2D eigenvalue weighted by atomic mass is 9.34. The van der Waals surface area contributed by atoms with Gasteiger partial charge in [-0.3, -0.25) is 4.40 Å². The molecule has 0 aliphatic carbocycles. The summed E-state index contributed by atoms with van der Waals surface area (Å²) in [7, 11) is 0. The number of fused-ring (bicyclic) bond motifs is 11. The van der Waals surface area contributed by atoms with Crippen molar-refractivity contribution < 1.29 is 0 Å². The highest BCUT2D eigenvalue weighted by atomic mass is 32.1. The lowest BCUT2D eigenvalue weighted by Gasteiger charge is -2.25. The number of aromatic nitrogens is 2. The molecule has 0 atom stereocenters. The number of aryl methyl sites for hydroxylation is 6. The van der Waals surface area contributed by atoms with Crippen LogP contribution in [0.15, 0.2) is 127 Å². The van der Waals surface area contributed by atoms with Gasteiger partial charge < -0.3 is 0 Å². The van der Waals surface area contributed by atoms with Crippen LogP contribution < -0.4 is 16.4 Å². The number of pyridine rings is 1. The molecule has 4 heteroatoms. The van der Waals surface area contributed by atoms with Gasteiger partial charge in [-0.15, -0.1) is 11.3 Å². The van der Waals surface area contributed by atoms with Crippen LogP contribution in [0.1, 0.15) is 33.4 Å². The molecule has 3 heterocycles. The standard InChI is InChI=1S/C49H39BN2S/c1-28-23-30(3)44(31(4)24-28)50(45-32(5)25-29(2)26-33(45)6)37-19-15-36(16-20-37)43-27-41-40-21-17-35-12-8-10-14-39(35)47(40)53-48(41)49-51-46-38-13-9-7-11-34(38)18-22-42(46)52(43)49/h7-27H,1-6H3. The van der Waals surface area contributed by atoms with E-state index in [-0.39, 0.29) is 6.71 Å². The van der Waals surface area contributed by atoms with Crippen molar-refractivity contribution in [3.8, 4) is 11.3 Å². The molecule has 2 nitrogen and oxygen atoms in total. The maximum absolute atomic E-state index is 5.48. The minimum Gasteiger partial charge on any atom is -0.291 e. The Labute approximate surface area is 314 Å². The molecule has 0 amide bonds. The first-order valence-corrected chi connectivity index (χ1v) is 19.4. The van der Waals surface area contributed by atoms with Gasteiger partial charge >= 0.3 is 0 Å². The summed E-state index contributed by atoms with van der Waals surface area (Å²) in [6.45, 7) is 13.7. The molecule has 0 saturated carbocycles. The average Bonchev–Trinajstić information content (AvgIpc) is 3.73. The number of benzene rings is 7. The number of imidazole rings is 1. The normalized spacial score (nSPS) is 12.0. The fourth-order valence-electron chi connectivity index (χ4n) is 9.39. The van der Waals surface area contributed by atoms with Crippen molar-refractivity contribution >= 4 is 92.8 Å². The van der Waals surface area contributed by atoms with Crippen molar-refractivity contribution in [2.24, 2.45) is 0 Å². The molecule has 254 valence electrons. The van der Waals surface area contributed by atoms with Gasteiger partial charge in [-0.2, -0.15) is 0 Å². The number of hydrogen-bond acceptors (Lipinski definition) is 2. The predicted octanol–water partition coefficient (Wildman–Crippen LogP) is 11.2. The second-order valence-corrected chi connectivity index (χ2v) is 16.2. The van der Waals surface area contributed by atoms with Gasteiger partial charge in [-0.25, -0.2) is 4.98 Å². The Balaban J connectivity index is 1.25. The minimum absolute atomic E-state index is 0.127. The summed E-state index contributed by atoms with van der Waals surface area (Å²) in [5.74, 6) is 0. The molecular formula is C49H39BN2S. The van der Waals surface area contributed by atoms with Crippen LogP contribution in [0.25, 0.3) is 69.7 Å².